The minimum Gasteiger partial charge on any atom is -0.255 e. The van der Waals surface area contributed by atoms with E-state index in [2.05, 4.69) is 41.5 Å². The summed E-state index contributed by atoms with van der Waals surface area (Å²) in [7, 11) is 0. The quantitative estimate of drug-likeness (QED) is 0.573. The Morgan fingerprint density at radius 3 is 2.75 bits per heavy atom. The van der Waals surface area contributed by atoms with E-state index in [1.54, 1.807) is 6.20 Å². The Hall–Kier alpha value is -1.28. The number of rotatable bonds is 5. The van der Waals surface area contributed by atoms with Crippen molar-refractivity contribution in [1.82, 2.24) is 4.98 Å². The second kappa shape index (κ2) is 6.33. The molecular weight excluding hydrogens is 214 g/mol. The molecule has 1 aromatic carbocycles. The zero-order valence-corrected chi connectivity index (χ0v) is 9.91. The molecule has 0 aliphatic carbocycles. The predicted molar refractivity (Wildman–Crippen MR) is 68.6 cm³/mol. The molecule has 16 heavy (non-hydrogen) atoms. The smallest absolute Gasteiger partial charge is 0.0897 e. The number of benzene rings is 1. The molecule has 1 nitrogen and oxygen atoms in total. The maximum atomic E-state index is 3.88. The molecule has 1 aromatic heterocycles. The molecule has 2 aromatic rings. The van der Waals surface area contributed by atoms with Gasteiger partial charge < -0.3 is 0 Å². The van der Waals surface area contributed by atoms with Gasteiger partial charge in [0.15, 0.2) is 0 Å². The Morgan fingerprint density at radius 1 is 1.12 bits per heavy atom. The van der Waals surface area contributed by atoms with E-state index in [4.69, 9.17) is 0 Å². The van der Waals surface area contributed by atoms with Crippen LogP contribution >= 0.6 is 11.8 Å². The van der Waals surface area contributed by atoms with Crippen molar-refractivity contribution in [2.45, 2.75) is 17.7 Å². The highest BCUT2D eigenvalue weighted by molar-refractivity contribution is 7.99. The van der Waals surface area contributed by atoms with Gasteiger partial charge in [-0.05, 0) is 36.3 Å². The fourth-order valence-electron chi connectivity index (χ4n) is 1.50. The maximum absolute atomic E-state index is 3.88. The van der Waals surface area contributed by atoms with Crippen LogP contribution in [-0.4, -0.2) is 10.7 Å². The zero-order valence-electron chi connectivity index (χ0n) is 9.10. The highest BCUT2D eigenvalue weighted by atomic mass is 32.2. The third kappa shape index (κ3) is 3.70. The van der Waals surface area contributed by atoms with E-state index in [1.807, 2.05) is 23.9 Å². The van der Waals surface area contributed by atoms with E-state index >= 15 is 0 Å². The van der Waals surface area contributed by atoms with Crippen LogP contribution in [0.15, 0.2) is 53.6 Å². The molecule has 0 fully saturated rings. The second-order valence-corrected chi connectivity index (χ2v) is 4.73. The summed E-state index contributed by atoms with van der Waals surface area (Å²) < 4.78 is 0. The fraction of sp³-hybridized carbons (Fsp3) is 0.214. The van der Waals surface area contributed by atoms with Gasteiger partial charge in [-0.1, -0.05) is 30.3 Å². The van der Waals surface area contributed by atoms with Crippen molar-refractivity contribution in [1.29, 1.82) is 0 Å². The van der Waals surface area contributed by atoms with Crippen molar-refractivity contribution in [3.8, 4) is 0 Å². The highest BCUT2D eigenvalue weighted by Crippen LogP contribution is 2.17. The van der Waals surface area contributed by atoms with Crippen molar-refractivity contribution in [2.75, 3.05) is 5.75 Å². The predicted octanol–water partition coefficient (Wildman–Crippen LogP) is 3.61. The van der Waals surface area contributed by atoms with Crippen LogP contribution in [0.5, 0.6) is 0 Å². The Morgan fingerprint density at radius 2 is 2.00 bits per heavy atom. The SMILES string of the molecule is [c]1cc(SCCCc2ccccc2)ccn1. The summed E-state index contributed by atoms with van der Waals surface area (Å²) in [5.41, 5.74) is 1.42. The number of pyridine rings is 1. The fourth-order valence-corrected chi connectivity index (χ4v) is 2.32. The van der Waals surface area contributed by atoms with Gasteiger partial charge in [0.1, 0.15) is 0 Å². The molecule has 0 bridgehead atoms. The molecule has 0 aliphatic rings. The van der Waals surface area contributed by atoms with Gasteiger partial charge >= 0.3 is 0 Å². The molecule has 1 radical (unpaired) electrons. The van der Waals surface area contributed by atoms with E-state index in [0.717, 1.165) is 12.2 Å². The summed E-state index contributed by atoms with van der Waals surface area (Å²) in [5, 5.41) is 0. The average molecular weight is 228 g/mol. The van der Waals surface area contributed by atoms with Crippen LogP contribution in [0.4, 0.5) is 0 Å². The lowest BCUT2D eigenvalue weighted by atomic mass is 10.1. The number of nitrogens with zero attached hydrogens (tertiary/aromatic N) is 1. The van der Waals surface area contributed by atoms with Crippen LogP contribution in [0.1, 0.15) is 12.0 Å². The van der Waals surface area contributed by atoms with Crippen LogP contribution in [0.25, 0.3) is 0 Å². The van der Waals surface area contributed by atoms with Gasteiger partial charge in [-0.2, -0.15) is 0 Å². The Bertz CT molecular complexity index is 358. The molecule has 2 heteroatoms. The summed E-state index contributed by atoms with van der Waals surface area (Å²) in [4.78, 5) is 5.14. The van der Waals surface area contributed by atoms with Gasteiger partial charge in [0.2, 0.25) is 0 Å². The largest absolute Gasteiger partial charge is 0.255 e. The molecule has 0 atom stereocenters. The first-order valence-corrected chi connectivity index (χ1v) is 6.42. The first-order valence-electron chi connectivity index (χ1n) is 5.44. The Labute approximate surface area is 101 Å². The van der Waals surface area contributed by atoms with Gasteiger partial charge in [0, 0.05) is 11.1 Å². The standard InChI is InChI=1S/C14H14NS/c1-2-5-13(6-3-1)7-4-12-16-14-8-10-15-11-9-14/h1-3,5-6,8-10H,4,7,12H2. The van der Waals surface area contributed by atoms with Crippen LogP contribution in [0.3, 0.4) is 0 Å². The number of aryl methyl sites for hydroxylation is 1. The maximum Gasteiger partial charge on any atom is 0.0897 e. The van der Waals surface area contributed by atoms with Gasteiger partial charge in [0.05, 0.1) is 6.20 Å². The molecule has 0 spiro atoms. The molecule has 2 rings (SSSR count). The molecule has 0 unspecified atom stereocenters. The lowest BCUT2D eigenvalue weighted by Crippen LogP contribution is -1.87. The first-order chi connectivity index (χ1) is 7.95. The van der Waals surface area contributed by atoms with Crippen molar-refractivity contribution >= 4 is 11.8 Å². The monoisotopic (exact) mass is 228 g/mol. The molecule has 0 aliphatic heterocycles. The Kier molecular flexibility index (Phi) is 4.44. The molecule has 1 heterocycles. The molecular formula is C14H14NS. The molecule has 0 saturated carbocycles. The number of thioether (sulfide) groups is 1. The van der Waals surface area contributed by atoms with Gasteiger partial charge in [-0.15, -0.1) is 11.8 Å². The van der Waals surface area contributed by atoms with Crippen molar-refractivity contribution in [3.63, 3.8) is 0 Å². The van der Waals surface area contributed by atoms with Crippen LogP contribution in [-0.2, 0) is 6.42 Å². The number of hydrogen-bond acceptors (Lipinski definition) is 2. The first kappa shape index (κ1) is 11.2. The van der Waals surface area contributed by atoms with Crippen LogP contribution in [0, 0.1) is 6.20 Å². The van der Waals surface area contributed by atoms with Gasteiger partial charge in [-0.3, -0.25) is 4.98 Å². The second-order valence-electron chi connectivity index (χ2n) is 3.56. The normalized spacial score (nSPS) is 10.2. The summed E-state index contributed by atoms with van der Waals surface area (Å²) in [5.74, 6) is 1.15. The molecule has 0 saturated heterocycles. The summed E-state index contributed by atoms with van der Waals surface area (Å²) in [6.07, 6.45) is 7.00. The van der Waals surface area contributed by atoms with Crippen LogP contribution in [0.2, 0.25) is 0 Å². The summed E-state index contributed by atoms with van der Waals surface area (Å²) in [6.45, 7) is 0. The lowest BCUT2D eigenvalue weighted by Gasteiger charge is -2.01. The molecule has 81 valence electrons. The highest BCUT2D eigenvalue weighted by Gasteiger charge is 1.94. The number of hydrogen-bond donors (Lipinski definition) is 0. The van der Waals surface area contributed by atoms with E-state index in [0.29, 0.717) is 0 Å². The van der Waals surface area contributed by atoms with E-state index < -0.39 is 0 Å². The average Bonchev–Trinajstić information content (AvgIpc) is 2.37. The molecule has 0 N–H and O–H groups in total. The third-order valence-corrected chi connectivity index (χ3v) is 3.40. The minimum atomic E-state index is 1.15. The van der Waals surface area contributed by atoms with Crippen molar-refractivity contribution in [3.05, 3.63) is 60.4 Å². The lowest BCUT2D eigenvalue weighted by molar-refractivity contribution is 0.933. The van der Waals surface area contributed by atoms with Gasteiger partial charge in [-0.25, -0.2) is 0 Å². The van der Waals surface area contributed by atoms with Crippen molar-refractivity contribution in [2.24, 2.45) is 0 Å². The minimum absolute atomic E-state index is 1.15. The Balaban J connectivity index is 1.70. The van der Waals surface area contributed by atoms with Crippen LogP contribution < -0.4 is 0 Å². The van der Waals surface area contributed by atoms with E-state index in [9.17, 15) is 0 Å². The van der Waals surface area contributed by atoms with Crippen molar-refractivity contribution < 1.29 is 0 Å². The summed E-state index contributed by atoms with van der Waals surface area (Å²) in [6, 6.07) is 14.6. The van der Waals surface area contributed by atoms with E-state index in [1.165, 1.54) is 16.9 Å². The third-order valence-electron chi connectivity index (χ3n) is 2.32. The summed E-state index contributed by atoms with van der Waals surface area (Å²) >= 11 is 1.87. The topological polar surface area (TPSA) is 12.9 Å². The number of aromatic nitrogens is 1. The van der Waals surface area contributed by atoms with E-state index in [-0.39, 0.29) is 0 Å². The molecule has 0 amide bonds. The zero-order chi connectivity index (χ0) is 11.1. The van der Waals surface area contributed by atoms with Gasteiger partial charge in [0.25, 0.3) is 0 Å².